The van der Waals surface area contributed by atoms with Crippen molar-refractivity contribution in [2.24, 2.45) is 0 Å². The van der Waals surface area contributed by atoms with Crippen molar-refractivity contribution in [3.8, 4) is 0 Å². The summed E-state index contributed by atoms with van der Waals surface area (Å²) >= 11 is 11.9. The van der Waals surface area contributed by atoms with E-state index in [-0.39, 0.29) is 0 Å². The first-order valence-electron chi connectivity index (χ1n) is 3.98. The van der Waals surface area contributed by atoms with E-state index in [1.807, 2.05) is 13.0 Å². The Hall–Kier alpha value is -0.200. The van der Waals surface area contributed by atoms with Gasteiger partial charge in [-0.1, -0.05) is 43.1 Å². The molecule has 0 aliphatic heterocycles. The number of hydrogen-bond acceptors (Lipinski definition) is 0. The fourth-order valence-corrected chi connectivity index (χ4v) is 1.72. The molecule has 0 fully saturated rings. The molecule has 12 heavy (non-hydrogen) atoms. The van der Waals surface area contributed by atoms with Gasteiger partial charge >= 0.3 is 0 Å². The fourth-order valence-electron chi connectivity index (χ4n) is 1.12. The Balaban J connectivity index is 3.23. The molecule has 0 aliphatic rings. The van der Waals surface area contributed by atoms with Crippen LogP contribution in [0.3, 0.4) is 0 Å². The molecule has 0 N–H and O–H groups in total. The second-order valence-corrected chi connectivity index (χ2v) is 4.09. The molecule has 1 aromatic carbocycles. The van der Waals surface area contributed by atoms with Crippen molar-refractivity contribution >= 4 is 23.2 Å². The van der Waals surface area contributed by atoms with Gasteiger partial charge in [-0.15, -0.1) is 0 Å². The molecule has 0 saturated heterocycles. The Kier molecular flexibility index (Phi) is 3.03. The Labute approximate surface area is 83.5 Å². The summed E-state index contributed by atoms with van der Waals surface area (Å²) in [5.74, 6) is 0.452. The SMILES string of the molecule is Cc1cc(C(C)C)c(Cl)cc1Cl. The van der Waals surface area contributed by atoms with Gasteiger partial charge in [0, 0.05) is 10.0 Å². The van der Waals surface area contributed by atoms with Gasteiger partial charge in [0.25, 0.3) is 0 Å². The first-order chi connectivity index (χ1) is 5.52. The molecule has 0 aromatic heterocycles. The molecule has 0 heterocycles. The zero-order chi connectivity index (χ0) is 9.30. The molecule has 1 rings (SSSR count). The van der Waals surface area contributed by atoms with Crippen molar-refractivity contribution < 1.29 is 0 Å². The predicted octanol–water partition coefficient (Wildman–Crippen LogP) is 4.43. The fraction of sp³-hybridized carbons (Fsp3) is 0.400. The third kappa shape index (κ3) is 1.94. The summed E-state index contributed by atoms with van der Waals surface area (Å²) in [7, 11) is 0. The van der Waals surface area contributed by atoms with E-state index in [1.165, 1.54) is 5.56 Å². The Morgan fingerprint density at radius 2 is 1.67 bits per heavy atom. The minimum atomic E-state index is 0.452. The number of aryl methyl sites for hydroxylation is 1. The van der Waals surface area contributed by atoms with Crippen molar-refractivity contribution in [1.82, 2.24) is 0 Å². The number of halogens is 2. The lowest BCUT2D eigenvalue weighted by molar-refractivity contribution is 0.865. The van der Waals surface area contributed by atoms with Crippen LogP contribution in [0, 0.1) is 6.92 Å². The average Bonchev–Trinajstić information content (AvgIpc) is 1.96. The molecular weight excluding hydrogens is 191 g/mol. The molecule has 0 aliphatic carbocycles. The molecule has 0 spiro atoms. The van der Waals surface area contributed by atoms with Gasteiger partial charge in [-0.3, -0.25) is 0 Å². The Morgan fingerprint density at radius 1 is 1.08 bits per heavy atom. The van der Waals surface area contributed by atoms with Crippen LogP contribution in [0.15, 0.2) is 12.1 Å². The second kappa shape index (κ2) is 3.68. The summed E-state index contributed by atoms with van der Waals surface area (Å²) in [5.41, 5.74) is 2.25. The lowest BCUT2D eigenvalue weighted by Gasteiger charge is -2.09. The highest BCUT2D eigenvalue weighted by molar-refractivity contribution is 6.35. The van der Waals surface area contributed by atoms with Crippen molar-refractivity contribution in [3.05, 3.63) is 33.3 Å². The van der Waals surface area contributed by atoms with E-state index in [4.69, 9.17) is 23.2 Å². The number of hydrogen-bond donors (Lipinski definition) is 0. The molecule has 0 radical (unpaired) electrons. The van der Waals surface area contributed by atoms with Crippen LogP contribution in [0.25, 0.3) is 0 Å². The predicted molar refractivity (Wildman–Crippen MR) is 55.3 cm³/mol. The van der Waals surface area contributed by atoms with Crippen molar-refractivity contribution in [2.45, 2.75) is 26.7 Å². The van der Waals surface area contributed by atoms with Crippen LogP contribution in [0.1, 0.15) is 30.9 Å². The van der Waals surface area contributed by atoms with Crippen LogP contribution in [0.2, 0.25) is 10.0 Å². The minimum absolute atomic E-state index is 0.452. The third-order valence-electron chi connectivity index (χ3n) is 1.90. The summed E-state index contributed by atoms with van der Waals surface area (Å²) in [6.07, 6.45) is 0. The van der Waals surface area contributed by atoms with E-state index in [2.05, 4.69) is 19.9 Å². The highest BCUT2D eigenvalue weighted by atomic mass is 35.5. The van der Waals surface area contributed by atoms with Crippen molar-refractivity contribution in [2.75, 3.05) is 0 Å². The zero-order valence-electron chi connectivity index (χ0n) is 7.49. The molecule has 0 bridgehead atoms. The quantitative estimate of drug-likeness (QED) is 0.633. The van der Waals surface area contributed by atoms with Crippen LogP contribution >= 0.6 is 23.2 Å². The lowest BCUT2D eigenvalue weighted by atomic mass is 10.0. The highest BCUT2D eigenvalue weighted by Crippen LogP contribution is 2.29. The molecular formula is C10H12Cl2. The van der Waals surface area contributed by atoms with Gasteiger partial charge in [-0.2, -0.15) is 0 Å². The molecule has 66 valence electrons. The first kappa shape index (κ1) is 9.88. The summed E-state index contributed by atoms with van der Waals surface area (Å²) in [5, 5.41) is 1.50. The van der Waals surface area contributed by atoms with Gasteiger partial charge in [0.2, 0.25) is 0 Å². The van der Waals surface area contributed by atoms with Gasteiger partial charge in [-0.25, -0.2) is 0 Å². The molecule has 0 saturated carbocycles. The second-order valence-electron chi connectivity index (χ2n) is 3.28. The zero-order valence-corrected chi connectivity index (χ0v) is 9.00. The molecule has 2 heteroatoms. The van der Waals surface area contributed by atoms with Crippen molar-refractivity contribution in [1.29, 1.82) is 0 Å². The van der Waals surface area contributed by atoms with Gasteiger partial charge in [0.15, 0.2) is 0 Å². The maximum absolute atomic E-state index is 6.01. The van der Waals surface area contributed by atoms with Crippen LogP contribution in [0.4, 0.5) is 0 Å². The molecule has 1 aromatic rings. The van der Waals surface area contributed by atoms with Gasteiger partial charge in [0.05, 0.1) is 0 Å². The monoisotopic (exact) mass is 202 g/mol. The normalized spacial score (nSPS) is 10.8. The lowest BCUT2D eigenvalue weighted by Crippen LogP contribution is -1.90. The van der Waals surface area contributed by atoms with Gasteiger partial charge in [0.1, 0.15) is 0 Å². The van der Waals surface area contributed by atoms with Crippen LogP contribution < -0.4 is 0 Å². The standard InChI is InChI=1S/C10H12Cl2/c1-6(2)8-4-7(3)9(11)5-10(8)12/h4-6H,1-3H3. The maximum Gasteiger partial charge on any atom is 0.0455 e. The summed E-state index contributed by atoms with van der Waals surface area (Å²) in [6, 6.07) is 3.86. The molecule has 0 atom stereocenters. The summed E-state index contributed by atoms with van der Waals surface area (Å²) < 4.78 is 0. The number of benzene rings is 1. The van der Waals surface area contributed by atoms with Crippen LogP contribution in [-0.2, 0) is 0 Å². The van der Waals surface area contributed by atoms with E-state index < -0.39 is 0 Å². The highest BCUT2D eigenvalue weighted by Gasteiger charge is 2.07. The molecule has 0 unspecified atom stereocenters. The first-order valence-corrected chi connectivity index (χ1v) is 4.73. The van der Waals surface area contributed by atoms with Gasteiger partial charge < -0.3 is 0 Å². The third-order valence-corrected chi connectivity index (χ3v) is 2.63. The van der Waals surface area contributed by atoms with Crippen LogP contribution in [0.5, 0.6) is 0 Å². The topological polar surface area (TPSA) is 0 Å². The summed E-state index contributed by atoms with van der Waals surface area (Å²) in [4.78, 5) is 0. The van der Waals surface area contributed by atoms with E-state index in [9.17, 15) is 0 Å². The average molecular weight is 203 g/mol. The van der Waals surface area contributed by atoms with E-state index in [0.29, 0.717) is 5.92 Å². The Morgan fingerprint density at radius 3 is 2.17 bits per heavy atom. The number of rotatable bonds is 1. The summed E-state index contributed by atoms with van der Waals surface area (Å²) in [6.45, 7) is 6.23. The Bertz CT molecular complexity index is 290. The largest absolute Gasteiger partial charge is 0.0840 e. The minimum Gasteiger partial charge on any atom is -0.0840 e. The van der Waals surface area contributed by atoms with E-state index in [1.54, 1.807) is 0 Å². The van der Waals surface area contributed by atoms with E-state index >= 15 is 0 Å². The van der Waals surface area contributed by atoms with E-state index in [0.717, 1.165) is 15.6 Å². The smallest absolute Gasteiger partial charge is 0.0455 e. The van der Waals surface area contributed by atoms with Gasteiger partial charge in [-0.05, 0) is 30.0 Å². The van der Waals surface area contributed by atoms with Crippen LogP contribution in [-0.4, -0.2) is 0 Å². The van der Waals surface area contributed by atoms with Crippen molar-refractivity contribution in [3.63, 3.8) is 0 Å². The molecule has 0 nitrogen and oxygen atoms in total. The maximum atomic E-state index is 6.01. The molecule has 0 amide bonds.